The molecule has 0 aromatic heterocycles. The maximum Gasteiger partial charge on any atom is 0.330 e. The molecule has 2 aromatic carbocycles. The van der Waals surface area contributed by atoms with Gasteiger partial charge in [-0.25, -0.2) is 4.79 Å². The highest BCUT2D eigenvalue weighted by Gasteiger charge is 2.24. The van der Waals surface area contributed by atoms with E-state index in [1.807, 2.05) is 32.9 Å². The lowest BCUT2D eigenvalue weighted by atomic mass is 10.0. The standard InChI is InChI=1S/C24H28N2O4/c1-5-30-21(27)14-11-18-9-12-20(13-10-18)25-24(29)22(16(2)3)26-23(28)19-8-6-7-17(4)15-19/h6-16,22H,5H2,1-4H3,(H,25,29)(H,26,28)/b14-11+/t22-/m0/s1. The Morgan fingerprint density at radius 3 is 2.37 bits per heavy atom. The van der Waals surface area contributed by atoms with Crippen molar-refractivity contribution in [1.29, 1.82) is 0 Å². The normalized spacial score (nSPS) is 11.9. The van der Waals surface area contributed by atoms with Crippen LogP contribution in [0.4, 0.5) is 5.69 Å². The zero-order valence-electron chi connectivity index (χ0n) is 17.8. The summed E-state index contributed by atoms with van der Waals surface area (Å²) in [5, 5.41) is 5.66. The van der Waals surface area contributed by atoms with Crippen LogP contribution in [0.3, 0.4) is 0 Å². The van der Waals surface area contributed by atoms with Crippen molar-refractivity contribution in [3.05, 3.63) is 71.3 Å². The molecule has 0 bridgehead atoms. The fraction of sp³-hybridized carbons (Fsp3) is 0.292. The zero-order chi connectivity index (χ0) is 22.1. The Balaban J connectivity index is 2.02. The first-order chi connectivity index (χ1) is 14.3. The largest absolute Gasteiger partial charge is 0.463 e. The lowest BCUT2D eigenvalue weighted by molar-refractivity contribution is -0.137. The number of ether oxygens (including phenoxy) is 1. The highest BCUT2D eigenvalue weighted by Crippen LogP contribution is 2.14. The molecule has 0 fully saturated rings. The van der Waals surface area contributed by atoms with Gasteiger partial charge in [-0.2, -0.15) is 0 Å². The van der Waals surface area contributed by atoms with Crippen molar-refractivity contribution >= 4 is 29.5 Å². The predicted molar refractivity (Wildman–Crippen MR) is 118 cm³/mol. The number of aryl methyl sites for hydroxylation is 1. The van der Waals surface area contributed by atoms with Gasteiger partial charge in [0.15, 0.2) is 0 Å². The average Bonchev–Trinajstić information content (AvgIpc) is 2.71. The van der Waals surface area contributed by atoms with E-state index in [2.05, 4.69) is 10.6 Å². The van der Waals surface area contributed by atoms with Crippen LogP contribution in [-0.2, 0) is 14.3 Å². The third-order valence-corrected chi connectivity index (χ3v) is 4.39. The number of esters is 1. The monoisotopic (exact) mass is 408 g/mol. The summed E-state index contributed by atoms with van der Waals surface area (Å²) in [6.45, 7) is 7.74. The third kappa shape index (κ3) is 6.88. The number of benzene rings is 2. The van der Waals surface area contributed by atoms with Crippen LogP contribution in [0.15, 0.2) is 54.6 Å². The molecule has 158 valence electrons. The molecule has 0 heterocycles. The topological polar surface area (TPSA) is 84.5 Å². The molecule has 30 heavy (non-hydrogen) atoms. The van der Waals surface area contributed by atoms with Crippen LogP contribution in [-0.4, -0.2) is 30.4 Å². The molecule has 2 rings (SSSR count). The van der Waals surface area contributed by atoms with Gasteiger partial charge < -0.3 is 15.4 Å². The molecular weight excluding hydrogens is 380 g/mol. The maximum atomic E-state index is 12.8. The van der Waals surface area contributed by atoms with Gasteiger partial charge in [0, 0.05) is 17.3 Å². The van der Waals surface area contributed by atoms with E-state index in [0.717, 1.165) is 11.1 Å². The Hall–Kier alpha value is -3.41. The van der Waals surface area contributed by atoms with Gasteiger partial charge in [0.2, 0.25) is 5.91 Å². The van der Waals surface area contributed by atoms with E-state index in [-0.39, 0.29) is 17.7 Å². The van der Waals surface area contributed by atoms with Crippen molar-refractivity contribution in [2.75, 3.05) is 11.9 Å². The molecule has 0 aliphatic carbocycles. The summed E-state index contributed by atoms with van der Waals surface area (Å²) < 4.78 is 4.84. The molecule has 6 nitrogen and oxygen atoms in total. The molecule has 0 spiro atoms. The van der Waals surface area contributed by atoms with Gasteiger partial charge in [0.05, 0.1) is 6.61 Å². The van der Waals surface area contributed by atoms with Gasteiger partial charge in [-0.1, -0.05) is 43.7 Å². The molecule has 1 atom stereocenters. The van der Waals surface area contributed by atoms with E-state index in [1.165, 1.54) is 6.08 Å². The summed E-state index contributed by atoms with van der Waals surface area (Å²) in [4.78, 5) is 36.7. The van der Waals surface area contributed by atoms with Gasteiger partial charge in [-0.15, -0.1) is 0 Å². The number of hydrogen-bond donors (Lipinski definition) is 2. The van der Waals surface area contributed by atoms with E-state index < -0.39 is 12.0 Å². The highest BCUT2D eigenvalue weighted by atomic mass is 16.5. The molecule has 0 radical (unpaired) electrons. The fourth-order valence-electron chi connectivity index (χ4n) is 2.80. The maximum absolute atomic E-state index is 12.8. The smallest absolute Gasteiger partial charge is 0.330 e. The fourth-order valence-corrected chi connectivity index (χ4v) is 2.80. The van der Waals surface area contributed by atoms with Gasteiger partial charge in [-0.3, -0.25) is 9.59 Å². The number of hydrogen-bond acceptors (Lipinski definition) is 4. The summed E-state index contributed by atoms with van der Waals surface area (Å²) in [5.74, 6) is -1.07. The van der Waals surface area contributed by atoms with Gasteiger partial charge >= 0.3 is 5.97 Å². The lowest BCUT2D eigenvalue weighted by Crippen LogP contribution is -2.47. The van der Waals surface area contributed by atoms with Gasteiger partial charge in [-0.05, 0) is 55.7 Å². The van der Waals surface area contributed by atoms with E-state index in [1.54, 1.807) is 49.4 Å². The second-order valence-corrected chi connectivity index (χ2v) is 7.26. The molecule has 0 saturated carbocycles. The van der Waals surface area contributed by atoms with E-state index >= 15 is 0 Å². The summed E-state index contributed by atoms with van der Waals surface area (Å²) in [5.41, 5.74) is 2.90. The van der Waals surface area contributed by atoms with Crippen molar-refractivity contribution in [2.24, 2.45) is 5.92 Å². The van der Waals surface area contributed by atoms with Crippen molar-refractivity contribution in [3.8, 4) is 0 Å². The Kier molecular flexibility index (Phi) is 8.35. The van der Waals surface area contributed by atoms with Crippen LogP contribution in [0, 0.1) is 12.8 Å². The Labute approximate surface area is 177 Å². The number of nitrogens with one attached hydrogen (secondary N) is 2. The lowest BCUT2D eigenvalue weighted by Gasteiger charge is -2.22. The van der Waals surface area contributed by atoms with Crippen LogP contribution < -0.4 is 10.6 Å². The van der Waals surface area contributed by atoms with Crippen molar-refractivity contribution in [3.63, 3.8) is 0 Å². The SMILES string of the molecule is CCOC(=O)/C=C/c1ccc(NC(=O)[C@@H](NC(=O)c2cccc(C)c2)C(C)C)cc1. The molecule has 0 aliphatic rings. The predicted octanol–water partition coefficient (Wildman–Crippen LogP) is 3.96. The van der Waals surface area contributed by atoms with Crippen molar-refractivity contribution < 1.29 is 19.1 Å². The van der Waals surface area contributed by atoms with Crippen molar-refractivity contribution in [1.82, 2.24) is 5.32 Å². The number of amides is 2. The molecule has 2 amide bonds. The van der Waals surface area contributed by atoms with E-state index in [9.17, 15) is 14.4 Å². The minimum Gasteiger partial charge on any atom is -0.463 e. The molecule has 0 unspecified atom stereocenters. The number of carbonyl (C=O) groups is 3. The molecule has 2 aromatic rings. The molecule has 2 N–H and O–H groups in total. The zero-order valence-corrected chi connectivity index (χ0v) is 17.8. The molecule has 0 aliphatic heterocycles. The second-order valence-electron chi connectivity index (χ2n) is 7.26. The molecule has 6 heteroatoms. The molecule has 0 saturated heterocycles. The average molecular weight is 408 g/mol. The van der Waals surface area contributed by atoms with Gasteiger partial charge in [0.25, 0.3) is 5.91 Å². The van der Waals surface area contributed by atoms with Crippen LogP contribution >= 0.6 is 0 Å². The summed E-state index contributed by atoms with van der Waals surface area (Å²) >= 11 is 0. The van der Waals surface area contributed by atoms with Crippen molar-refractivity contribution in [2.45, 2.75) is 33.7 Å². The number of rotatable bonds is 8. The minimum atomic E-state index is -0.679. The summed E-state index contributed by atoms with van der Waals surface area (Å²) in [7, 11) is 0. The quantitative estimate of drug-likeness (QED) is 0.511. The summed E-state index contributed by atoms with van der Waals surface area (Å²) in [6, 6.07) is 13.6. The van der Waals surface area contributed by atoms with Crippen LogP contribution in [0.2, 0.25) is 0 Å². The second kappa shape index (κ2) is 11.0. The van der Waals surface area contributed by atoms with Gasteiger partial charge in [0.1, 0.15) is 6.04 Å². The van der Waals surface area contributed by atoms with E-state index in [0.29, 0.717) is 17.9 Å². The van der Waals surface area contributed by atoms with E-state index in [4.69, 9.17) is 4.74 Å². The Morgan fingerprint density at radius 1 is 1.07 bits per heavy atom. The first-order valence-electron chi connectivity index (χ1n) is 9.93. The Bertz CT molecular complexity index is 917. The minimum absolute atomic E-state index is 0.0921. The first-order valence-corrected chi connectivity index (χ1v) is 9.93. The van der Waals surface area contributed by atoms with Crippen LogP contribution in [0.5, 0.6) is 0 Å². The summed E-state index contributed by atoms with van der Waals surface area (Å²) in [6.07, 6.45) is 3.00. The number of carbonyl (C=O) groups excluding carboxylic acids is 3. The van der Waals surface area contributed by atoms with Crippen LogP contribution in [0.25, 0.3) is 6.08 Å². The molecular formula is C24H28N2O4. The number of anilines is 1. The first kappa shape index (κ1) is 22.9. The van der Waals surface area contributed by atoms with Crippen LogP contribution in [0.1, 0.15) is 42.3 Å². The third-order valence-electron chi connectivity index (χ3n) is 4.39. The Morgan fingerprint density at radius 2 is 1.77 bits per heavy atom. The highest BCUT2D eigenvalue weighted by molar-refractivity contribution is 6.01.